The van der Waals surface area contributed by atoms with E-state index >= 15 is 0 Å². The van der Waals surface area contributed by atoms with E-state index in [4.69, 9.17) is 0 Å². The smallest absolute Gasteiger partial charge is 0.0849 e. The van der Waals surface area contributed by atoms with Gasteiger partial charge in [-0.2, -0.15) is 0 Å². The van der Waals surface area contributed by atoms with Crippen molar-refractivity contribution >= 4 is 159 Å². The lowest BCUT2D eigenvalue weighted by molar-refractivity contribution is 0.271. The van der Waals surface area contributed by atoms with Gasteiger partial charge in [0.25, 0.3) is 0 Å². The van der Waals surface area contributed by atoms with Crippen LogP contribution in [0, 0.1) is 0 Å². The zero-order valence-corrected chi connectivity index (χ0v) is 31.7. The molecule has 0 bridgehead atoms. The zero-order valence-electron chi connectivity index (χ0n) is 15.8. The lowest BCUT2D eigenvalue weighted by Gasteiger charge is -2.67. The van der Waals surface area contributed by atoms with Crippen LogP contribution in [0.2, 0.25) is 0 Å². The Morgan fingerprint density at radius 3 is 1.61 bits per heavy atom. The predicted molar refractivity (Wildman–Crippen MR) is 171 cm³/mol. The summed E-state index contributed by atoms with van der Waals surface area (Å²) in [7, 11) is 0. The molecule has 3 rings (SSSR count). The highest BCUT2D eigenvalue weighted by atomic mass is 79.9. The Kier molecular flexibility index (Phi) is 9.15. The summed E-state index contributed by atoms with van der Waals surface area (Å²) in [5.74, 6) is 0. The highest BCUT2D eigenvalue weighted by Gasteiger charge is 2.82. The van der Waals surface area contributed by atoms with Gasteiger partial charge in [0.2, 0.25) is 0 Å². The van der Waals surface area contributed by atoms with Crippen molar-refractivity contribution in [2.75, 3.05) is 0 Å². The van der Waals surface area contributed by atoms with Crippen LogP contribution >= 0.6 is 159 Å². The minimum atomic E-state index is -0.729. The summed E-state index contributed by atoms with van der Waals surface area (Å²) in [6, 6.07) is 21.2. The Hall–Kier alpha value is 3.24. The van der Waals surface area contributed by atoms with Gasteiger partial charge >= 0.3 is 0 Å². The topological polar surface area (TPSA) is 0 Å². The maximum Gasteiger partial charge on any atom is 0.134 e. The minimum Gasteiger partial charge on any atom is -0.0849 e. The van der Waals surface area contributed by atoms with Crippen LogP contribution < -0.4 is 0 Å². The molecule has 170 valence electrons. The van der Waals surface area contributed by atoms with Gasteiger partial charge in [-0.05, 0) is 17.5 Å². The van der Waals surface area contributed by atoms with Crippen LogP contribution in [-0.2, 0) is 11.8 Å². The van der Waals surface area contributed by atoms with Gasteiger partial charge in [0.1, 0.15) is 12.9 Å². The van der Waals surface area contributed by atoms with Gasteiger partial charge in [-0.25, -0.2) is 0 Å². The van der Waals surface area contributed by atoms with E-state index in [-0.39, 0.29) is 4.83 Å². The van der Waals surface area contributed by atoms with Crippen LogP contribution in [0.15, 0.2) is 60.7 Å². The number of hydrogen-bond donors (Lipinski definition) is 0. The lowest BCUT2D eigenvalue weighted by atomic mass is 9.63. The quantitative estimate of drug-likeness (QED) is 0.268. The zero-order chi connectivity index (χ0) is 23.5. The van der Waals surface area contributed by atoms with Gasteiger partial charge in [0.15, 0.2) is 0 Å². The normalized spacial score (nSPS) is 30.4. The second-order valence-electron chi connectivity index (χ2n) is 7.78. The third kappa shape index (κ3) is 4.26. The molecule has 2 aromatic rings. The van der Waals surface area contributed by atoms with Crippen molar-refractivity contribution in [1.82, 2.24) is 0 Å². The van der Waals surface area contributed by atoms with E-state index in [0.717, 1.165) is 6.42 Å². The summed E-state index contributed by atoms with van der Waals surface area (Å²) < 4.78 is -3.38. The summed E-state index contributed by atoms with van der Waals surface area (Å²) in [6.45, 7) is 2.30. The van der Waals surface area contributed by atoms with Crippen LogP contribution in [0.25, 0.3) is 0 Å². The summed E-state index contributed by atoms with van der Waals surface area (Å²) in [6.07, 6.45) is 0.799. The van der Waals surface area contributed by atoms with Crippen LogP contribution in [0.4, 0.5) is 0 Å². The van der Waals surface area contributed by atoms with Crippen LogP contribution in [0.1, 0.15) is 18.1 Å². The van der Waals surface area contributed by atoms with Crippen molar-refractivity contribution in [2.45, 2.75) is 40.8 Å². The van der Waals surface area contributed by atoms with E-state index in [9.17, 15) is 0 Å². The summed E-state index contributed by atoms with van der Waals surface area (Å²) in [5.41, 5.74) is 2.07. The first-order chi connectivity index (χ1) is 14.1. The third-order valence-corrected chi connectivity index (χ3v) is 27.9. The van der Waals surface area contributed by atoms with Crippen LogP contribution in [-0.4, -0.2) is 22.1 Å². The van der Waals surface area contributed by atoms with E-state index in [1.807, 2.05) is 0 Å². The molecule has 0 saturated heterocycles. The molecule has 0 aliphatic heterocycles. The molecule has 0 spiro atoms. The fourth-order valence-electron chi connectivity index (χ4n) is 4.08. The Bertz CT molecular complexity index is 928. The fraction of sp³-hybridized carbons (Fsp3) is 0.429. The maximum absolute atomic E-state index is 4.30. The Labute approximate surface area is 267 Å². The molecular weight excluding hydrogens is 1050 g/mol. The Morgan fingerprint density at radius 2 is 1.13 bits per heavy atom. The van der Waals surface area contributed by atoms with Crippen LogP contribution in [0.5, 0.6) is 0 Å². The third-order valence-electron chi connectivity index (χ3n) is 5.95. The van der Waals surface area contributed by atoms with Crippen molar-refractivity contribution in [3.8, 4) is 0 Å². The predicted octanol–water partition coefficient (Wildman–Crippen LogP) is 11.0. The van der Waals surface area contributed by atoms with E-state index < -0.39 is 22.7 Å². The molecule has 1 aliphatic carbocycles. The van der Waals surface area contributed by atoms with Crippen molar-refractivity contribution in [2.24, 2.45) is 0 Å². The Balaban J connectivity index is 2.36. The number of benzene rings is 2. The lowest BCUT2D eigenvalue weighted by Crippen LogP contribution is -2.79. The first-order valence-corrected chi connectivity index (χ1v) is 17.1. The highest BCUT2D eigenvalue weighted by molar-refractivity contribution is 9.35. The second kappa shape index (κ2) is 9.85. The summed E-state index contributed by atoms with van der Waals surface area (Å²) in [5, 5.41) is 0. The molecule has 0 N–H and O–H groups in total. The molecule has 1 saturated carbocycles. The van der Waals surface area contributed by atoms with Gasteiger partial charge in [0, 0.05) is 5.41 Å². The van der Waals surface area contributed by atoms with Gasteiger partial charge in [0.05, 0.1) is 9.15 Å². The molecule has 1 fully saturated rings. The molecule has 10 heteroatoms. The summed E-state index contributed by atoms with van der Waals surface area (Å²) >= 11 is 40.3. The van der Waals surface area contributed by atoms with E-state index in [1.165, 1.54) is 11.1 Å². The first-order valence-electron chi connectivity index (χ1n) is 9.02. The van der Waals surface area contributed by atoms with Crippen molar-refractivity contribution in [3.05, 3.63) is 71.8 Å². The molecule has 31 heavy (non-hydrogen) atoms. The van der Waals surface area contributed by atoms with E-state index in [1.54, 1.807) is 0 Å². The average Bonchev–Trinajstić information content (AvgIpc) is 2.72. The number of rotatable bonds is 4. The molecule has 0 aromatic heterocycles. The summed E-state index contributed by atoms with van der Waals surface area (Å²) in [4.78, 5) is -0.151. The van der Waals surface area contributed by atoms with E-state index in [0.29, 0.717) is 0 Å². The van der Waals surface area contributed by atoms with Gasteiger partial charge < -0.3 is 0 Å². The monoisotopic (exact) mass is 1060 g/mol. The molecule has 0 heterocycles. The van der Waals surface area contributed by atoms with E-state index in [2.05, 4.69) is 227 Å². The maximum atomic E-state index is 4.30. The minimum absolute atomic E-state index is 0.151. The molecule has 2 aromatic carbocycles. The first kappa shape index (κ1) is 28.8. The molecule has 0 nitrogen and oxygen atoms in total. The number of hydrogen-bond acceptors (Lipinski definition) is 0. The van der Waals surface area contributed by atoms with Gasteiger partial charge in [-0.1, -0.05) is 227 Å². The van der Waals surface area contributed by atoms with Gasteiger partial charge in [-0.3, -0.25) is 0 Å². The van der Waals surface area contributed by atoms with Gasteiger partial charge in [-0.15, -0.1) is 0 Å². The van der Waals surface area contributed by atoms with Crippen molar-refractivity contribution in [3.63, 3.8) is 0 Å². The molecule has 0 radical (unpaired) electrons. The largest absolute Gasteiger partial charge is 0.134 e. The number of alkyl halides is 10. The van der Waals surface area contributed by atoms with Crippen molar-refractivity contribution < 1.29 is 0 Å². The van der Waals surface area contributed by atoms with Crippen molar-refractivity contribution in [1.29, 1.82) is 0 Å². The average molecular weight is 1070 g/mol. The molecule has 0 amide bonds. The number of halogens is 10. The van der Waals surface area contributed by atoms with Crippen LogP contribution in [0.3, 0.4) is 0 Å². The highest BCUT2D eigenvalue weighted by Crippen LogP contribution is 2.79. The standard InChI is InChI=1S/C21H16Br10/c1-16(14-10-6-3-7-11-14,12-13-8-4-2-5-9-13)17(23)15(22)18(24,25)20(28,29)21(30,31)19(17,26)27/h2-11,15H,12H2,1H3. The molecule has 3 atom stereocenters. The molecular formula is C21H16Br10. The fourth-order valence-corrected chi connectivity index (χ4v) is 16.3. The molecule has 1 aliphatic rings. The Morgan fingerprint density at radius 1 is 0.677 bits per heavy atom. The second-order valence-corrected chi connectivity index (χ2v) is 23.8. The SMILES string of the molecule is CC(Cc1ccccc1)(c1ccccc1)C1(Br)C(Br)C(Br)(Br)C(Br)(Br)C(Br)(Br)C1(Br)Br. The molecule has 3 unspecified atom stereocenters.